The minimum absolute atomic E-state index is 0.0700. The molecular formula is C28H32F5NO4S2. The van der Waals surface area contributed by atoms with Crippen LogP contribution >= 0.6 is 11.3 Å². The zero-order chi connectivity index (χ0) is 30.3. The Morgan fingerprint density at radius 3 is 2.17 bits per heavy atom. The number of alkyl halides is 3. The van der Waals surface area contributed by atoms with Gasteiger partial charge in [-0.15, -0.1) is 11.3 Å². The lowest BCUT2D eigenvalue weighted by Gasteiger charge is -2.20. The Morgan fingerprint density at radius 1 is 1.05 bits per heavy atom. The summed E-state index contributed by atoms with van der Waals surface area (Å²) in [6, 6.07) is 8.91. The van der Waals surface area contributed by atoms with Crippen molar-refractivity contribution in [1.82, 2.24) is 4.31 Å². The van der Waals surface area contributed by atoms with Gasteiger partial charge in [-0.25, -0.2) is 17.2 Å². The average molecular weight is 606 g/mol. The lowest BCUT2D eigenvalue weighted by atomic mass is 10.1. The van der Waals surface area contributed by atoms with Gasteiger partial charge in [0.2, 0.25) is 0 Å². The van der Waals surface area contributed by atoms with Crippen LogP contribution in [0.1, 0.15) is 56.5 Å². The van der Waals surface area contributed by atoms with E-state index in [-0.39, 0.29) is 29.3 Å². The van der Waals surface area contributed by atoms with Gasteiger partial charge >= 0.3 is 6.18 Å². The molecule has 1 atom stereocenters. The van der Waals surface area contributed by atoms with Gasteiger partial charge in [0, 0.05) is 29.1 Å². The lowest BCUT2D eigenvalue weighted by Crippen LogP contribution is -2.39. The normalized spacial score (nSPS) is 15.5. The fraction of sp³-hybridized carbons (Fsp3) is 0.393. The Balaban J connectivity index is 0.000000269. The van der Waals surface area contributed by atoms with Crippen LogP contribution in [0.2, 0.25) is 0 Å². The number of aryl methyl sites for hydroxylation is 1. The van der Waals surface area contributed by atoms with Gasteiger partial charge in [0.15, 0.2) is 0 Å². The molecule has 12 heteroatoms. The molecule has 4 rings (SSSR count). The van der Waals surface area contributed by atoms with Gasteiger partial charge in [0.05, 0.1) is 11.6 Å². The molecule has 1 saturated heterocycles. The number of hydrogen-bond donors (Lipinski definition) is 0. The van der Waals surface area contributed by atoms with E-state index >= 15 is 0 Å². The van der Waals surface area contributed by atoms with Crippen molar-refractivity contribution >= 4 is 27.1 Å². The second-order valence-corrected chi connectivity index (χ2v) is 12.0. The van der Waals surface area contributed by atoms with Crippen molar-refractivity contribution < 1.29 is 39.9 Å². The average Bonchev–Trinajstić information content (AvgIpc) is 3.56. The van der Waals surface area contributed by atoms with Gasteiger partial charge in [0.1, 0.15) is 33.1 Å². The summed E-state index contributed by atoms with van der Waals surface area (Å²) in [5, 5.41) is 0. The lowest BCUT2D eigenvalue weighted by molar-refractivity contribution is -0.137. The molecule has 1 fully saturated rings. The summed E-state index contributed by atoms with van der Waals surface area (Å²) in [6.45, 7) is 9.37. The molecule has 0 N–H and O–H groups in total. The van der Waals surface area contributed by atoms with Crippen molar-refractivity contribution in [1.29, 1.82) is 0 Å². The summed E-state index contributed by atoms with van der Waals surface area (Å²) < 4.78 is 96.3. The van der Waals surface area contributed by atoms with Crippen LogP contribution in [-0.4, -0.2) is 31.1 Å². The third-order valence-corrected chi connectivity index (χ3v) is 9.19. The molecule has 3 aromatic rings. The van der Waals surface area contributed by atoms with Gasteiger partial charge in [-0.3, -0.25) is 4.79 Å². The number of thiophene rings is 1. The quantitative estimate of drug-likeness (QED) is 0.266. The smallest absolute Gasteiger partial charge is 0.416 e. The highest BCUT2D eigenvalue weighted by atomic mass is 32.2. The first-order valence-electron chi connectivity index (χ1n) is 12.7. The number of sulfonamides is 1. The van der Waals surface area contributed by atoms with Crippen LogP contribution in [0.15, 0.2) is 52.7 Å². The summed E-state index contributed by atoms with van der Waals surface area (Å²) in [5.41, 5.74) is -0.988. The topological polar surface area (TPSA) is 63.7 Å². The molecular weight excluding hydrogens is 573 g/mol. The SMILES string of the molecule is CC.CC(=O)C1CCCN1S(=O)(=O)c1ccc(C)s1.CCc1c(F)cc(Oc2cccc(C(F)(F)F)c2)cc1F. The van der Waals surface area contributed by atoms with E-state index in [1.165, 1.54) is 28.6 Å². The maximum atomic E-state index is 13.6. The van der Waals surface area contributed by atoms with Crippen LogP contribution in [0.4, 0.5) is 22.0 Å². The van der Waals surface area contributed by atoms with E-state index in [0.717, 1.165) is 41.6 Å². The van der Waals surface area contributed by atoms with Gasteiger partial charge < -0.3 is 4.74 Å². The van der Waals surface area contributed by atoms with E-state index in [2.05, 4.69) is 0 Å². The van der Waals surface area contributed by atoms with E-state index in [1.807, 2.05) is 20.8 Å². The predicted octanol–water partition coefficient (Wildman–Crippen LogP) is 8.16. The van der Waals surface area contributed by atoms with E-state index in [9.17, 15) is 35.2 Å². The van der Waals surface area contributed by atoms with Gasteiger partial charge in [0.25, 0.3) is 10.0 Å². The number of nitrogens with zero attached hydrogens (tertiary/aromatic N) is 1. The van der Waals surface area contributed by atoms with E-state index in [0.29, 0.717) is 17.2 Å². The van der Waals surface area contributed by atoms with Crippen LogP contribution in [0.3, 0.4) is 0 Å². The van der Waals surface area contributed by atoms with E-state index < -0.39 is 39.4 Å². The molecule has 1 aromatic heterocycles. The highest BCUT2D eigenvalue weighted by molar-refractivity contribution is 7.91. The Morgan fingerprint density at radius 2 is 1.68 bits per heavy atom. The van der Waals surface area contributed by atoms with Crippen LogP contribution in [0.25, 0.3) is 0 Å². The number of benzene rings is 2. The highest BCUT2D eigenvalue weighted by Crippen LogP contribution is 2.33. The number of halogens is 5. The molecule has 5 nitrogen and oxygen atoms in total. The molecule has 1 aliphatic heterocycles. The van der Waals surface area contributed by atoms with Crippen LogP contribution in [0.5, 0.6) is 11.5 Å². The molecule has 1 unspecified atom stereocenters. The molecule has 0 spiro atoms. The summed E-state index contributed by atoms with van der Waals surface area (Å²) in [7, 11) is -3.48. The van der Waals surface area contributed by atoms with E-state index in [1.54, 1.807) is 19.1 Å². The Hall–Kier alpha value is -2.83. The monoisotopic (exact) mass is 605 g/mol. The predicted molar refractivity (Wildman–Crippen MR) is 145 cm³/mol. The molecule has 1 aliphatic rings. The fourth-order valence-corrected chi connectivity index (χ4v) is 7.07. The molecule has 220 valence electrons. The van der Waals surface area contributed by atoms with Crippen LogP contribution < -0.4 is 4.74 Å². The number of carbonyl (C=O) groups excluding carboxylic acids is 1. The standard InChI is InChI=1S/C15H11F5O.C11H15NO3S2.C2H6/c1-2-12-13(16)7-11(8-14(12)17)21-10-5-3-4-9(6-10)15(18,19)20;1-8-5-6-11(16-8)17(14,15)12-7-3-4-10(12)9(2)13;1-2/h3-8H,2H2,1H3;5-6,10H,3-4,7H2,1-2H3;1-2H3. The summed E-state index contributed by atoms with van der Waals surface area (Å²) >= 11 is 1.25. The van der Waals surface area contributed by atoms with Gasteiger partial charge in [-0.1, -0.05) is 26.8 Å². The number of rotatable bonds is 6. The molecule has 0 radical (unpaired) electrons. The van der Waals surface area contributed by atoms with Crippen molar-refractivity contribution in [2.24, 2.45) is 0 Å². The number of carbonyl (C=O) groups is 1. The summed E-state index contributed by atoms with van der Waals surface area (Å²) in [6.07, 6.45) is -2.95. The first kappa shape index (κ1) is 33.4. The summed E-state index contributed by atoms with van der Waals surface area (Å²) in [4.78, 5) is 12.4. The Bertz CT molecular complexity index is 1380. The first-order chi connectivity index (χ1) is 18.7. The number of ether oxygens (including phenoxy) is 1. The van der Waals surface area contributed by atoms with Crippen LogP contribution in [-0.2, 0) is 27.4 Å². The third kappa shape index (κ3) is 8.34. The molecule has 0 aliphatic carbocycles. The zero-order valence-electron chi connectivity index (χ0n) is 22.8. The fourth-order valence-electron chi connectivity index (χ4n) is 3.95. The first-order valence-corrected chi connectivity index (χ1v) is 14.9. The van der Waals surface area contributed by atoms with Crippen molar-refractivity contribution in [2.45, 2.75) is 70.3 Å². The van der Waals surface area contributed by atoms with Crippen molar-refractivity contribution in [3.8, 4) is 11.5 Å². The molecule has 40 heavy (non-hydrogen) atoms. The zero-order valence-corrected chi connectivity index (χ0v) is 24.4. The van der Waals surface area contributed by atoms with Gasteiger partial charge in [-0.05, 0) is 63.4 Å². The van der Waals surface area contributed by atoms with Gasteiger partial charge in [-0.2, -0.15) is 17.5 Å². The highest BCUT2D eigenvalue weighted by Gasteiger charge is 2.38. The largest absolute Gasteiger partial charge is 0.457 e. The maximum Gasteiger partial charge on any atom is 0.416 e. The van der Waals surface area contributed by atoms with Crippen molar-refractivity contribution in [3.05, 3.63) is 76.2 Å². The second-order valence-electron chi connectivity index (χ2n) is 8.60. The molecule has 0 saturated carbocycles. The molecule has 2 aromatic carbocycles. The summed E-state index contributed by atoms with van der Waals surface area (Å²) in [5.74, 6) is -1.99. The second kappa shape index (κ2) is 14.2. The maximum absolute atomic E-state index is 13.6. The number of ketones is 1. The molecule has 2 heterocycles. The minimum Gasteiger partial charge on any atom is -0.457 e. The number of Topliss-reactive ketones (excluding diaryl/α,β-unsaturated/α-hetero) is 1. The minimum atomic E-state index is -4.51. The Labute approximate surface area is 235 Å². The third-order valence-electron chi connectivity index (χ3n) is 5.82. The molecule has 0 amide bonds. The number of hydrogen-bond acceptors (Lipinski definition) is 5. The van der Waals surface area contributed by atoms with E-state index in [4.69, 9.17) is 4.74 Å². The Kier molecular flexibility index (Phi) is 11.8. The van der Waals surface area contributed by atoms with Crippen LogP contribution in [0, 0.1) is 18.6 Å². The molecule has 0 bridgehead atoms. The van der Waals surface area contributed by atoms with Crippen molar-refractivity contribution in [2.75, 3.05) is 6.54 Å². The van der Waals surface area contributed by atoms with Crippen molar-refractivity contribution in [3.63, 3.8) is 0 Å².